The molecule has 0 aromatic heterocycles. The topological polar surface area (TPSA) is 37.3 Å². The summed E-state index contributed by atoms with van der Waals surface area (Å²) in [6.45, 7) is 1.99. The lowest BCUT2D eigenvalue weighted by Gasteiger charge is -2.11. The van der Waals surface area contributed by atoms with Crippen LogP contribution in [-0.4, -0.2) is 16.3 Å². The van der Waals surface area contributed by atoms with E-state index in [-0.39, 0.29) is 5.25 Å². The molecule has 0 spiro atoms. The monoisotopic (exact) mass is 258 g/mol. The van der Waals surface area contributed by atoms with Crippen LogP contribution in [-0.2, 0) is 10.5 Å². The Balaban J connectivity index is 2.55. The molecule has 0 aliphatic carbocycles. The first-order chi connectivity index (χ1) is 7.65. The smallest absolute Gasteiger partial charge is 0.316 e. The quantitative estimate of drug-likeness (QED) is 0.843. The molecule has 0 bridgehead atoms. The van der Waals surface area contributed by atoms with E-state index in [1.165, 1.54) is 11.8 Å². The predicted molar refractivity (Wildman–Crippen MR) is 69.1 cm³/mol. The summed E-state index contributed by atoms with van der Waals surface area (Å²) in [5.74, 6) is -0.0877. The zero-order valence-electron chi connectivity index (χ0n) is 9.15. The van der Waals surface area contributed by atoms with Crippen molar-refractivity contribution in [2.75, 3.05) is 0 Å². The summed E-state index contributed by atoms with van der Waals surface area (Å²) in [7, 11) is 0. The summed E-state index contributed by atoms with van der Waals surface area (Å²) in [5, 5.41) is 9.37. The number of hydrogen-bond donors (Lipinski definition) is 1. The number of carbonyl (C=O) groups is 1. The van der Waals surface area contributed by atoms with Gasteiger partial charge in [0.2, 0.25) is 0 Å². The van der Waals surface area contributed by atoms with Crippen LogP contribution in [0.5, 0.6) is 0 Å². The van der Waals surface area contributed by atoms with Crippen LogP contribution in [0.4, 0.5) is 0 Å². The predicted octanol–water partition coefficient (Wildman–Crippen LogP) is 3.83. The van der Waals surface area contributed by atoms with Crippen LogP contribution in [0.2, 0.25) is 5.02 Å². The molecule has 1 unspecified atom stereocenters. The lowest BCUT2D eigenvalue weighted by atomic mass is 10.2. The summed E-state index contributed by atoms with van der Waals surface area (Å²) >= 11 is 7.44. The molecule has 1 rings (SSSR count). The molecule has 0 amide bonds. The van der Waals surface area contributed by atoms with E-state index >= 15 is 0 Å². The van der Waals surface area contributed by atoms with Crippen LogP contribution in [0.15, 0.2) is 24.3 Å². The Morgan fingerprint density at radius 3 is 2.75 bits per heavy atom. The van der Waals surface area contributed by atoms with Gasteiger partial charge < -0.3 is 5.11 Å². The fourth-order valence-corrected chi connectivity index (χ4v) is 2.81. The Morgan fingerprint density at radius 1 is 1.50 bits per heavy atom. The van der Waals surface area contributed by atoms with Crippen LogP contribution in [0, 0.1) is 0 Å². The maximum absolute atomic E-state index is 10.9. The van der Waals surface area contributed by atoms with Crippen molar-refractivity contribution in [3.8, 4) is 0 Å². The number of halogens is 1. The zero-order valence-corrected chi connectivity index (χ0v) is 10.7. The van der Waals surface area contributed by atoms with Crippen molar-refractivity contribution in [1.29, 1.82) is 0 Å². The molecule has 1 aromatic rings. The molecule has 4 heteroatoms. The van der Waals surface area contributed by atoms with Gasteiger partial charge in [0.15, 0.2) is 0 Å². The van der Waals surface area contributed by atoms with Crippen molar-refractivity contribution in [1.82, 2.24) is 0 Å². The third kappa shape index (κ3) is 4.06. The van der Waals surface area contributed by atoms with Gasteiger partial charge in [-0.1, -0.05) is 43.1 Å². The first-order valence-electron chi connectivity index (χ1n) is 5.23. The van der Waals surface area contributed by atoms with Crippen LogP contribution >= 0.6 is 23.4 Å². The van der Waals surface area contributed by atoms with Crippen molar-refractivity contribution in [2.45, 2.75) is 30.8 Å². The second-order valence-electron chi connectivity index (χ2n) is 3.52. The maximum Gasteiger partial charge on any atom is 0.316 e. The molecule has 16 heavy (non-hydrogen) atoms. The number of carboxylic acid groups (broad SMARTS) is 1. The molecule has 0 aliphatic heterocycles. The van der Waals surface area contributed by atoms with Crippen molar-refractivity contribution in [2.24, 2.45) is 0 Å². The Morgan fingerprint density at radius 2 is 2.19 bits per heavy atom. The lowest BCUT2D eigenvalue weighted by Crippen LogP contribution is -2.16. The Kier molecular flexibility index (Phi) is 5.71. The van der Waals surface area contributed by atoms with Gasteiger partial charge in [0.1, 0.15) is 5.25 Å². The summed E-state index contributed by atoms with van der Waals surface area (Å²) in [5.41, 5.74) is 0.997. The highest BCUT2D eigenvalue weighted by molar-refractivity contribution is 7.99. The van der Waals surface area contributed by atoms with E-state index in [9.17, 15) is 4.79 Å². The minimum Gasteiger partial charge on any atom is -0.480 e. The second kappa shape index (κ2) is 6.81. The van der Waals surface area contributed by atoms with Crippen molar-refractivity contribution in [3.05, 3.63) is 34.9 Å². The molecule has 0 saturated heterocycles. The number of thioether (sulfide) groups is 1. The molecule has 0 radical (unpaired) electrons. The SMILES string of the molecule is CCCC(SCc1ccccc1Cl)C(=O)O. The lowest BCUT2D eigenvalue weighted by molar-refractivity contribution is -0.136. The number of rotatable bonds is 6. The average Bonchev–Trinajstić information content (AvgIpc) is 2.26. The molecule has 1 N–H and O–H groups in total. The molecule has 0 fully saturated rings. The van der Waals surface area contributed by atoms with Crippen molar-refractivity contribution < 1.29 is 9.90 Å². The van der Waals surface area contributed by atoms with E-state index in [1.807, 2.05) is 31.2 Å². The molecular weight excluding hydrogens is 244 g/mol. The van der Waals surface area contributed by atoms with Gasteiger partial charge >= 0.3 is 5.97 Å². The molecule has 1 aromatic carbocycles. The van der Waals surface area contributed by atoms with E-state index < -0.39 is 5.97 Å². The highest BCUT2D eigenvalue weighted by Crippen LogP contribution is 2.25. The highest BCUT2D eigenvalue weighted by Gasteiger charge is 2.16. The molecule has 0 saturated carbocycles. The third-order valence-corrected chi connectivity index (χ3v) is 3.91. The van der Waals surface area contributed by atoms with Crippen molar-refractivity contribution >= 4 is 29.3 Å². The fraction of sp³-hybridized carbons (Fsp3) is 0.417. The van der Waals surface area contributed by atoms with E-state index in [1.54, 1.807) is 0 Å². The third-order valence-electron chi connectivity index (χ3n) is 2.22. The number of carboxylic acids is 1. The summed E-state index contributed by atoms with van der Waals surface area (Å²) in [4.78, 5) is 10.9. The van der Waals surface area contributed by atoms with Gasteiger partial charge in [-0.05, 0) is 18.1 Å². The zero-order chi connectivity index (χ0) is 12.0. The first kappa shape index (κ1) is 13.4. The van der Waals surface area contributed by atoms with Gasteiger partial charge in [0, 0.05) is 10.8 Å². The maximum atomic E-state index is 10.9. The van der Waals surface area contributed by atoms with Gasteiger partial charge in [-0.15, -0.1) is 11.8 Å². The molecule has 1 atom stereocenters. The normalized spacial score (nSPS) is 12.4. The van der Waals surface area contributed by atoms with Crippen LogP contribution in [0.1, 0.15) is 25.3 Å². The van der Waals surface area contributed by atoms with E-state index in [0.717, 1.165) is 12.0 Å². The van der Waals surface area contributed by atoms with Gasteiger partial charge in [0.05, 0.1) is 0 Å². The fourth-order valence-electron chi connectivity index (χ4n) is 1.35. The number of benzene rings is 1. The summed E-state index contributed by atoms with van der Waals surface area (Å²) in [6.07, 6.45) is 1.58. The summed E-state index contributed by atoms with van der Waals surface area (Å²) < 4.78 is 0. The van der Waals surface area contributed by atoms with Gasteiger partial charge in [-0.2, -0.15) is 0 Å². The molecule has 2 nitrogen and oxygen atoms in total. The van der Waals surface area contributed by atoms with Crippen molar-refractivity contribution in [3.63, 3.8) is 0 Å². The molecular formula is C12H15ClO2S. The Bertz CT molecular complexity index is 355. The van der Waals surface area contributed by atoms with Crippen LogP contribution in [0.25, 0.3) is 0 Å². The first-order valence-corrected chi connectivity index (χ1v) is 6.65. The largest absolute Gasteiger partial charge is 0.480 e. The Labute approximate surface area is 105 Å². The van der Waals surface area contributed by atoms with Crippen LogP contribution in [0.3, 0.4) is 0 Å². The van der Waals surface area contributed by atoms with E-state index in [0.29, 0.717) is 17.2 Å². The average molecular weight is 259 g/mol. The van der Waals surface area contributed by atoms with E-state index in [2.05, 4.69) is 0 Å². The molecule has 88 valence electrons. The Hall–Kier alpha value is -0.670. The molecule has 0 heterocycles. The summed E-state index contributed by atoms with van der Waals surface area (Å²) in [6, 6.07) is 7.54. The van der Waals surface area contributed by atoms with Gasteiger partial charge in [0.25, 0.3) is 0 Å². The number of aliphatic carboxylic acids is 1. The molecule has 0 aliphatic rings. The minimum atomic E-state index is -0.737. The second-order valence-corrected chi connectivity index (χ2v) is 5.12. The van der Waals surface area contributed by atoms with E-state index in [4.69, 9.17) is 16.7 Å². The van der Waals surface area contributed by atoms with Gasteiger partial charge in [-0.25, -0.2) is 0 Å². The standard InChI is InChI=1S/C12H15ClO2S/c1-2-5-11(12(14)15)16-8-9-6-3-4-7-10(9)13/h3-4,6-7,11H,2,5,8H2,1H3,(H,14,15). The minimum absolute atomic E-state index is 0.332. The van der Waals surface area contributed by atoms with Gasteiger partial charge in [-0.3, -0.25) is 4.79 Å². The highest BCUT2D eigenvalue weighted by atomic mass is 35.5. The van der Waals surface area contributed by atoms with Crippen LogP contribution < -0.4 is 0 Å². The number of hydrogen-bond acceptors (Lipinski definition) is 2.